The maximum atomic E-state index is 5.18. The van der Waals surface area contributed by atoms with Gasteiger partial charge < -0.3 is 4.98 Å². The number of aromatic amines is 1. The SMILES string of the molecule is c1ccc(-c2cc(-c3ccccc3)nc(-n3c4ccccc4c4c5[nH]c6ccc7ccccc7c6c5ccc43)n2)cc1. The largest absolute Gasteiger partial charge is 0.354 e. The Bertz CT molecular complexity index is 2390. The highest BCUT2D eigenvalue weighted by Crippen LogP contribution is 2.40. The Morgan fingerprint density at radius 1 is 0.476 bits per heavy atom. The van der Waals surface area contributed by atoms with Gasteiger partial charge in [-0.05, 0) is 35.0 Å². The molecule has 0 unspecified atom stereocenters. The predicted molar refractivity (Wildman–Crippen MR) is 174 cm³/mol. The van der Waals surface area contributed by atoms with E-state index in [1.165, 1.54) is 32.3 Å². The van der Waals surface area contributed by atoms with E-state index in [4.69, 9.17) is 9.97 Å². The van der Waals surface area contributed by atoms with Crippen molar-refractivity contribution in [3.63, 3.8) is 0 Å². The second-order valence-corrected chi connectivity index (χ2v) is 10.7. The van der Waals surface area contributed by atoms with Crippen molar-refractivity contribution in [2.24, 2.45) is 0 Å². The summed E-state index contributed by atoms with van der Waals surface area (Å²) in [5, 5.41) is 7.34. The Morgan fingerprint density at radius 2 is 1.12 bits per heavy atom. The molecule has 0 saturated carbocycles. The molecule has 42 heavy (non-hydrogen) atoms. The van der Waals surface area contributed by atoms with E-state index in [2.05, 4.69) is 137 Å². The van der Waals surface area contributed by atoms with E-state index < -0.39 is 0 Å². The molecule has 196 valence electrons. The number of benzene rings is 6. The number of H-pyrrole nitrogens is 1. The monoisotopic (exact) mass is 536 g/mol. The van der Waals surface area contributed by atoms with Crippen LogP contribution in [0.5, 0.6) is 0 Å². The lowest BCUT2D eigenvalue weighted by molar-refractivity contribution is 0.996. The van der Waals surface area contributed by atoms with Crippen molar-refractivity contribution < 1.29 is 0 Å². The minimum atomic E-state index is 0.655. The van der Waals surface area contributed by atoms with E-state index in [9.17, 15) is 0 Å². The summed E-state index contributed by atoms with van der Waals surface area (Å²) in [6.07, 6.45) is 0. The maximum Gasteiger partial charge on any atom is 0.235 e. The molecule has 3 aromatic heterocycles. The molecule has 9 rings (SSSR count). The van der Waals surface area contributed by atoms with Gasteiger partial charge in [-0.3, -0.25) is 4.57 Å². The van der Waals surface area contributed by atoms with Crippen LogP contribution in [0.2, 0.25) is 0 Å². The van der Waals surface area contributed by atoms with Crippen molar-refractivity contribution in [3.05, 3.63) is 140 Å². The molecule has 0 spiro atoms. The van der Waals surface area contributed by atoms with Crippen LogP contribution in [-0.2, 0) is 0 Å². The second kappa shape index (κ2) is 8.88. The number of fused-ring (bicyclic) bond motifs is 9. The average molecular weight is 537 g/mol. The van der Waals surface area contributed by atoms with E-state index >= 15 is 0 Å². The highest BCUT2D eigenvalue weighted by molar-refractivity contribution is 6.29. The van der Waals surface area contributed by atoms with E-state index in [1.807, 2.05) is 12.1 Å². The molecule has 4 heteroatoms. The first kappa shape index (κ1) is 23.0. The van der Waals surface area contributed by atoms with Gasteiger partial charge in [0, 0.05) is 38.2 Å². The Labute approximate surface area is 241 Å². The number of rotatable bonds is 3. The fourth-order valence-electron chi connectivity index (χ4n) is 6.46. The van der Waals surface area contributed by atoms with Gasteiger partial charge in [0.1, 0.15) is 0 Å². The van der Waals surface area contributed by atoms with Gasteiger partial charge in [0.2, 0.25) is 5.95 Å². The molecular weight excluding hydrogens is 512 g/mol. The first-order valence-corrected chi connectivity index (χ1v) is 14.2. The molecule has 0 fully saturated rings. The topological polar surface area (TPSA) is 46.5 Å². The molecule has 0 saturated heterocycles. The minimum absolute atomic E-state index is 0.655. The van der Waals surface area contributed by atoms with Gasteiger partial charge >= 0.3 is 0 Å². The summed E-state index contributed by atoms with van der Waals surface area (Å²) in [6.45, 7) is 0. The fraction of sp³-hybridized carbons (Fsp3) is 0. The number of hydrogen-bond donors (Lipinski definition) is 1. The maximum absolute atomic E-state index is 5.18. The van der Waals surface area contributed by atoms with Crippen molar-refractivity contribution in [2.75, 3.05) is 0 Å². The van der Waals surface area contributed by atoms with Crippen LogP contribution in [-0.4, -0.2) is 19.5 Å². The zero-order valence-corrected chi connectivity index (χ0v) is 22.6. The number of para-hydroxylation sites is 1. The van der Waals surface area contributed by atoms with Gasteiger partial charge in [-0.25, -0.2) is 9.97 Å². The van der Waals surface area contributed by atoms with Crippen molar-refractivity contribution >= 4 is 54.4 Å². The van der Waals surface area contributed by atoms with Crippen LogP contribution in [0.4, 0.5) is 0 Å². The molecule has 0 radical (unpaired) electrons. The van der Waals surface area contributed by atoms with E-state index in [0.29, 0.717) is 5.95 Å². The molecular formula is C38H24N4. The third kappa shape index (κ3) is 3.36. The lowest BCUT2D eigenvalue weighted by atomic mass is 10.0. The molecule has 0 bridgehead atoms. The van der Waals surface area contributed by atoms with Gasteiger partial charge in [0.05, 0.1) is 27.9 Å². The number of nitrogens with one attached hydrogen (secondary N) is 1. The second-order valence-electron chi connectivity index (χ2n) is 10.7. The first-order valence-electron chi connectivity index (χ1n) is 14.2. The van der Waals surface area contributed by atoms with Crippen molar-refractivity contribution in [1.29, 1.82) is 0 Å². The normalized spacial score (nSPS) is 11.8. The van der Waals surface area contributed by atoms with Gasteiger partial charge in [0.25, 0.3) is 0 Å². The van der Waals surface area contributed by atoms with Crippen LogP contribution in [0.3, 0.4) is 0 Å². The summed E-state index contributed by atoms with van der Waals surface area (Å²) in [7, 11) is 0. The standard InChI is InChI=1S/C38H24N4/c1-3-12-25(13-4-1)31-23-32(26-14-5-2-6-15-26)41-38(40-31)42-33-18-10-9-17-28(33)36-34(42)22-20-29-35-27-16-8-7-11-24(27)19-21-30(35)39-37(29)36/h1-23,39H. The Morgan fingerprint density at radius 3 is 1.86 bits per heavy atom. The predicted octanol–water partition coefficient (Wildman–Crippen LogP) is 9.70. The van der Waals surface area contributed by atoms with Crippen LogP contribution in [0.1, 0.15) is 0 Å². The smallest absolute Gasteiger partial charge is 0.235 e. The van der Waals surface area contributed by atoms with E-state index in [0.717, 1.165) is 44.6 Å². The Kier molecular flexibility index (Phi) is 4.87. The van der Waals surface area contributed by atoms with Gasteiger partial charge in [-0.2, -0.15) is 0 Å². The minimum Gasteiger partial charge on any atom is -0.354 e. The van der Waals surface area contributed by atoms with Crippen LogP contribution in [0.15, 0.2) is 140 Å². The molecule has 0 aliphatic carbocycles. The van der Waals surface area contributed by atoms with Gasteiger partial charge in [-0.15, -0.1) is 0 Å². The third-order valence-corrected chi connectivity index (χ3v) is 8.35. The van der Waals surface area contributed by atoms with Crippen molar-refractivity contribution in [1.82, 2.24) is 19.5 Å². The lowest BCUT2D eigenvalue weighted by Crippen LogP contribution is -2.03. The number of aromatic nitrogens is 4. The molecule has 0 aliphatic heterocycles. The zero-order chi connectivity index (χ0) is 27.6. The molecule has 0 atom stereocenters. The van der Waals surface area contributed by atoms with Crippen LogP contribution < -0.4 is 0 Å². The highest BCUT2D eigenvalue weighted by atomic mass is 15.2. The Hall–Kier alpha value is -5.74. The van der Waals surface area contributed by atoms with E-state index in [-0.39, 0.29) is 0 Å². The third-order valence-electron chi connectivity index (χ3n) is 8.35. The molecule has 4 nitrogen and oxygen atoms in total. The van der Waals surface area contributed by atoms with Gasteiger partial charge in [-0.1, -0.05) is 115 Å². The summed E-state index contributed by atoms with van der Waals surface area (Å²) >= 11 is 0. The molecule has 9 aromatic rings. The van der Waals surface area contributed by atoms with Crippen molar-refractivity contribution in [3.8, 4) is 28.5 Å². The quantitative estimate of drug-likeness (QED) is 0.244. The highest BCUT2D eigenvalue weighted by Gasteiger charge is 2.20. The molecule has 0 aliphatic rings. The molecule has 6 aromatic carbocycles. The molecule has 0 amide bonds. The van der Waals surface area contributed by atoms with Crippen LogP contribution >= 0.6 is 0 Å². The fourth-order valence-corrected chi connectivity index (χ4v) is 6.46. The first-order chi connectivity index (χ1) is 20.8. The Balaban J connectivity index is 1.40. The molecule has 1 N–H and O–H groups in total. The summed E-state index contributed by atoms with van der Waals surface area (Å²) in [5.74, 6) is 0.655. The van der Waals surface area contributed by atoms with Crippen LogP contribution in [0, 0.1) is 0 Å². The van der Waals surface area contributed by atoms with Crippen molar-refractivity contribution in [2.45, 2.75) is 0 Å². The van der Waals surface area contributed by atoms with Crippen LogP contribution in [0.25, 0.3) is 82.8 Å². The van der Waals surface area contributed by atoms with Gasteiger partial charge in [0.15, 0.2) is 0 Å². The zero-order valence-electron chi connectivity index (χ0n) is 22.6. The summed E-state index contributed by atoms with van der Waals surface area (Å²) in [5.41, 5.74) is 8.33. The summed E-state index contributed by atoms with van der Waals surface area (Å²) in [6, 6.07) is 48.8. The number of nitrogens with zero attached hydrogens (tertiary/aromatic N) is 3. The van der Waals surface area contributed by atoms with E-state index in [1.54, 1.807) is 0 Å². The average Bonchev–Trinajstić information content (AvgIpc) is 3.61. The lowest BCUT2D eigenvalue weighted by Gasteiger charge is -2.11. The summed E-state index contributed by atoms with van der Waals surface area (Å²) < 4.78 is 2.21. The summed E-state index contributed by atoms with van der Waals surface area (Å²) in [4.78, 5) is 14.1. The number of hydrogen-bond acceptors (Lipinski definition) is 2. The molecule has 3 heterocycles.